The van der Waals surface area contributed by atoms with E-state index in [9.17, 15) is 33.6 Å². The fraction of sp³-hybridized carbons (Fsp3) is 0.526. The summed E-state index contributed by atoms with van der Waals surface area (Å²) in [6.07, 6.45) is 13.7. The van der Waals surface area contributed by atoms with Gasteiger partial charge in [0, 0.05) is 48.3 Å². The topological polar surface area (TPSA) is 264 Å². The number of unbranched alkanes of at least 4 members (excludes halogenated alkanes) is 15. The van der Waals surface area contributed by atoms with E-state index in [0.29, 0.717) is 50.7 Å². The molecule has 4 heterocycles. The van der Waals surface area contributed by atoms with Crippen molar-refractivity contribution in [2.24, 2.45) is 0 Å². The van der Waals surface area contributed by atoms with Gasteiger partial charge in [-0.15, -0.1) is 0 Å². The highest BCUT2D eigenvalue weighted by Crippen LogP contribution is 2.54. The van der Waals surface area contributed by atoms with Crippen LogP contribution in [0.3, 0.4) is 0 Å². The lowest BCUT2D eigenvalue weighted by atomic mass is 9.80. The molecule has 0 amide bonds. The molecule has 2 fully saturated rings. The molecule has 540 valence electrons. The van der Waals surface area contributed by atoms with E-state index in [4.69, 9.17) is 53.3 Å². The van der Waals surface area contributed by atoms with Crippen molar-refractivity contribution in [2.45, 2.75) is 212 Å². The Labute approximate surface area is 585 Å². The zero-order chi connectivity index (χ0) is 71.8. The number of benzene rings is 4. The molecule has 1 N–H and O–H groups in total. The summed E-state index contributed by atoms with van der Waals surface area (Å²) >= 11 is 0. The molecule has 0 saturated carbocycles. The lowest BCUT2D eigenvalue weighted by molar-refractivity contribution is -0.153. The molecule has 2 saturated heterocycles. The van der Waals surface area contributed by atoms with Gasteiger partial charge in [0.2, 0.25) is 6.54 Å². The molecule has 0 spiro atoms. The van der Waals surface area contributed by atoms with Gasteiger partial charge in [-0.05, 0) is 105 Å². The van der Waals surface area contributed by atoms with Gasteiger partial charge in [0.25, 0.3) is 17.0 Å². The molecule has 24 heteroatoms. The summed E-state index contributed by atoms with van der Waals surface area (Å²) in [6.45, 7) is 16.3. The average Bonchev–Trinajstić information content (AvgIpc) is 0.772. The molecule has 2 aliphatic rings. The first-order chi connectivity index (χ1) is 48.2. The lowest BCUT2D eigenvalue weighted by Crippen LogP contribution is -2.45. The Kier molecular flexibility index (Phi) is 29.6. The number of rotatable bonds is 41. The molecular formula is C76H98N5O18P. The smallest absolute Gasteiger partial charge is 0.475 e. The standard InChI is InChI=1S/C76H98N5O18P/c1-10-11-12-13-14-15-16-17-18-19-20-21-22-23-24-28-42-92-63-45-57(44-52(2)56(63)6)73(86)81-72(85)54(4)49-80(75(81)88)69-46-64(98-70(83)40-31-55(5)82)67(97-69)51-95-100(89,94-43-41-77-7)99-65-47-68(79-48-53(3)71(84)78-74(79)87)96-66(65)50-93-76(58-29-26-25-27-30-58,59-32-36-61(90-8)37-33-59)60-34-38-62(91-9)39-35-60/h25-27,29-30,32-39,44-45,48-49,64-69H,10-24,28,31,40-43,46-47,50-51H2,1-6,8-9H3,(H,78,84,87)/t64-,65-,66-,67-,68-,69-,100?/m1/s1. The number of phosphoric ester groups is 1. The monoisotopic (exact) mass is 1400 g/mol. The number of Topliss-reactive ketones (excluding diaryl/α,β-unsaturated/α-hetero) is 1. The first-order valence-corrected chi connectivity index (χ1v) is 36.5. The molecule has 1 unspecified atom stereocenters. The van der Waals surface area contributed by atoms with Crippen LogP contribution < -0.4 is 36.7 Å². The van der Waals surface area contributed by atoms with Crippen LogP contribution in [0.25, 0.3) is 4.85 Å². The van der Waals surface area contributed by atoms with E-state index < -0.39 is 97.9 Å². The first kappa shape index (κ1) is 77.7. The van der Waals surface area contributed by atoms with E-state index in [-0.39, 0.29) is 61.3 Å². The number of esters is 1. The highest BCUT2D eigenvalue weighted by Gasteiger charge is 2.48. The number of nitrogens with one attached hydrogen (secondary N) is 1. The van der Waals surface area contributed by atoms with Crippen LogP contribution in [-0.4, -0.2) is 108 Å². The van der Waals surface area contributed by atoms with E-state index >= 15 is 4.57 Å². The molecule has 4 aromatic carbocycles. The van der Waals surface area contributed by atoms with Gasteiger partial charge in [-0.25, -0.2) is 20.7 Å². The zero-order valence-corrected chi connectivity index (χ0v) is 59.9. The number of methoxy groups -OCH3 is 2. The second kappa shape index (κ2) is 38.1. The summed E-state index contributed by atoms with van der Waals surface area (Å²) in [4.78, 5) is 101. The van der Waals surface area contributed by atoms with Crippen molar-refractivity contribution < 1.29 is 65.7 Å². The molecule has 0 radical (unpaired) electrons. The van der Waals surface area contributed by atoms with Gasteiger partial charge < -0.3 is 42.8 Å². The van der Waals surface area contributed by atoms with Gasteiger partial charge in [-0.2, -0.15) is 4.57 Å². The third-order valence-electron chi connectivity index (χ3n) is 18.5. The van der Waals surface area contributed by atoms with Crippen LogP contribution in [0.4, 0.5) is 0 Å². The SMILES string of the molecule is [C-]#[N+]CCOP(=O)(OC[C@H]1O[C@@H](n2cc(C)c(=O)n(C(=O)c3cc(C)c(C)c(OCCCCCCCCCCCCCCCCCC)c3)c2=O)C[C@H]1OC(=O)CCC(C)=O)O[C@@H]1C[C@H](n2cc(C)c(=O)[nH]c2=O)O[C@@H]1COC(c1ccccc1)(c1ccc(OC)cc1)c1ccc(OC)cc1. The van der Waals surface area contributed by atoms with Crippen LogP contribution >= 0.6 is 7.82 Å². The number of hydrogen-bond acceptors (Lipinski definition) is 18. The minimum atomic E-state index is -4.97. The normalized spacial score (nSPS) is 18.1. The quantitative estimate of drug-likeness (QED) is 0.0123. The van der Waals surface area contributed by atoms with Gasteiger partial charge in [-0.1, -0.05) is 158 Å². The third-order valence-corrected chi connectivity index (χ3v) is 19.9. The molecule has 2 aromatic heterocycles. The number of ketones is 1. The number of aromatic nitrogens is 4. The summed E-state index contributed by atoms with van der Waals surface area (Å²) in [7, 11) is -1.87. The van der Waals surface area contributed by atoms with Crippen LogP contribution in [0.2, 0.25) is 0 Å². The number of aryl methyl sites for hydroxylation is 3. The molecule has 8 rings (SSSR count). The van der Waals surface area contributed by atoms with Crippen molar-refractivity contribution in [3.8, 4) is 17.2 Å². The molecule has 0 aliphatic carbocycles. The van der Waals surface area contributed by atoms with Crippen molar-refractivity contribution in [2.75, 3.05) is 47.2 Å². The Balaban J connectivity index is 1.02. The molecule has 7 atom stereocenters. The zero-order valence-electron chi connectivity index (χ0n) is 59.0. The van der Waals surface area contributed by atoms with Gasteiger partial charge in [0.05, 0.1) is 40.5 Å². The number of aromatic amines is 1. The molecule has 0 bridgehead atoms. The molecule has 2 aliphatic heterocycles. The van der Waals surface area contributed by atoms with E-state index in [0.717, 1.165) is 35.8 Å². The van der Waals surface area contributed by atoms with Crippen LogP contribution in [-0.2, 0) is 52.3 Å². The fourth-order valence-electron chi connectivity index (χ4n) is 12.6. The molecular weight excluding hydrogens is 1300 g/mol. The number of nitrogens with zero attached hydrogens (tertiary/aromatic N) is 4. The first-order valence-electron chi connectivity index (χ1n) is 35.1. The van der Waals surface area contributed by atoms with E-state index in [2.05, 4.69) is 16.8 Å². The average molecular weight is 1400 g/mol. The third kappa shape index (κ3) is 20.8. The predicted octanol–water partition coefficient (Wildman–Crippen LogP) is 13.5. The summed E-state index contributed by atoms with van der Waals surface area (Å²) in [5.41, 5.74) is -1.09. The van der Waals surface area contributed by atoms with Crippen molar-refractivity contribution in [3.05, 3.63) is 201 Å². The Morgan fingerprint density at radius 2 is 1.18 bits per heavy atom. The Morgan fingerprint density at radius 1 is 0.640 bits per heavy atom. The fourth-order valence-corrected chi connectivity index (χ4v) is 14.0. The van der Waals surface area contributed by atoms with E-state index in [1.165, 1.54) is 121 Å². The summed E-state index contributed by atoms with van der Waals surface area (Å²) in [5.74, 6) is -0.412. The molecule has 100 heavy (non-hydrogen) atoms. The van der Waals surface area contributed by atoms with Gasteiger partial charge in [0.15, 0.2) is 0 Å². The maximum atomic E-state index is 15.5. The van der Waals surface area contributed by atoms with Crippen LogP contribution in [0, 0.1) is 34.3 Å². The van der Waals surface area contributed by atoms with Crippen LogP contribution in [0.1, 0.15) is 204 Å². The molecule has 6 aromatic rings. The Bertz CT molecular complexity index is 3960. The maximum Gasteiger partial charge on any atom is 0.475 e. The number of carbonyl (C=O) groups is 3. The van der Waals surface area contributed by atoms with Gasteiger partial charge >= 0.3 is 25.2 Å². The largest absolute Gasteiger partial charge is 0.497 e. The lowest BCUT2D eigenvalue weighted by Gasteiger charge is -2.37. The summed E-state index contributed by atoms with van der Waals surface area (Å²) in [6, 6.07) is 27.1. The predicted molar refractivity (Wildman–Crippen MR) is 377 cm³/mol. The number of carbonyl (C=O) groups excluding carboxylic acids is 3. The van der Waals surface area contributed by atoms with Crippen molar-refractivity contribution in [1.29, 1.82) is 0 Å². The molecule has 23 nitrogen and oxygen atoms in total. The van der Waals surface area contributed by atoms with Crippen LogP contribution in [0.15, 0.2) is 123 Å². The van der Waals surface area contributed by atoms with Crippen molar-refractivity contribution >= 4 is 25.5 Å². The van der Waals surface area contributed by atoms with Crippen molar-refractivity contribution in [3.63, 3.8) is 0 Å². The number of hydrogen-bond donors (Lipinski definition) is 1. The Morgan fingerprint density at radius 3 is 1.75 bits per heavy atom. The van der Waals surface area contributed by atoms with Gasteiger partial charge in [-0.3, -0.25) is 46.9 Å². The number of ether oxygens (including phenoxy) is 7. The Hall–Kier alpha value is -8.07. The summed E-state index contributed by atoms with van der Waals surface area (Å²) in [5, 5.41) is 0. The second-order valence-electron chi connectivity index (χ2n) is 25.9. The van der Waals surface area contributed by atoms with E-state index in [1.54, 1.807) is 44.6 Å². The number of phosphoric acid groups is 1. The highest BCUT2D eigenvalue weighted by atomic mass is 31.2. The van der Waals surface area contributed by atoms with E-state index in [1.807, 2.05) is 68.4 Å². The highest BCUT2D eigenvalue weighted by molar-refractivity contribution is 7.48. The minimum Gasteiger partial charge on any atom is -0.497 e. The van der Waals surface area contributed by atoms with Crippen molar-refractivity contribution in [1.82, 2.24) is 18.7 Å². The maximum absolute atomic E-state index is 15.5. The second-order valence-corrected chi connectivity index (χ2v) is 27.5. The summed E-state index contributed by atoms with van der Waals surface area (Å²) < 4.78 is 80.4. The van der Waals surface area contributed by atoms with Crippen LogP contribution in [0.5, 0.6) is 17.2 Å². The van der Waals surface area contributed by atoms with Gasteiger partial charge in [0.1, 0.15) is 72.1 Å². The number of H-pyrrole nitrogens is 1. The minimum absolute atomic E-state index is 0.00918.